The van der Waals surface area contributed by atoms with E-state index in [9.17, 15) is 0 Å². The standard InChI is InChI=1S/C6H10N2/c1-7-6-5-3-2-4-8(5)6/h5H,2-4H2,1H3/t5-,8?/m0/s1. The molecule has 0 aliphatic carbocycles. The predicted molar refractivity (Wildman–Crippen MR) is 33.1 cm³/mol. The fourth-order valence-electron chi connectivity index (χ4n) is 1.56. The molecule has 0 aromatic carbocycles. The molecular formula is C6H10N2. The first-order valence-corrected chi connectivity index (χ1v) is 3.17. The second-order valence-corrected chi connectivity index (χ2v) is 2.43. The van der Waals surface area contributed by atoms with Crippen LogP contribution >= 0.6 is 0 Å². The highest BCUT2D eigenvalue weighted by atomic mass is 15.4. The van der Waals surface area contributed by atoms with Gasteiger partial charge in [0.15, 0.2) is 0 Å². The van der Waals surface area contributed by atoms with Gasteiger partial charge in [0.1, 0.15) is 5.84 Å². The van der Waals surface area contributed by atoms with Crippen LogP contribution in [0.5, 0.6) is 0 Å². The summed E-state index contributed by atoms with van der Waals surface area (Å²) in [5.74, 6) is 1.34. The van der Waals surface area contributed by atoms with Crippen molar-refractivity contribution < 1.29 is 0 Å². The fraction of sp³-hybridized carbons (Fsp3) is 0.833. The molecule has 0 aromatic heterocycles. The normalized spacial score (nSPS) is 38.4. The lowest BCUT2D eigenvalue weighted by molar-refractivity contribution is 0.641. The average molecular weight is 110 g/mol. The van der Waals surface area contributed by atoms with Crippen molar-refractivity contribution in [3.8, 4) is 0 Å². The Balaban J connectivity index is 2.13. The second-order valence-electron chi connectivity index (χ2n) is 2.43. The van der Waals surface area contributed by atoms with Gasteiger partial charge < -0.3 is 4.90 Å². The molecule has 2 nitrogen and oxygen atoms in total. The third-order valence-corrected chi connectivity index (χ3v) is 2.01. The third-order valence-electron chi connectivity index (χ3n) is 2.01. The van der Waals surface area contributed by atoms with Crippen LogP contribution in [0.15, 0.2) is 4.99 Å². The Hall–Kier alpha value is -0.530. The summed E-state index contributed by atoms with van der Waals surface area (Å²) in [6.07, 6.45) is 2.73. The summed E-state index contributed by atoms with van der Waals surface area (Å²) in [5, 5.41) is 0. The summed E-state index contributed by atoms with van der Waals surface area (Å²) in [4.78, 5) is 6.50. The number of hydrogen-bond acceptors (Lipinski definition) is 1. The molecule has 1 atom stereocenters. The van der Waals surface area contributed by atoms with Crippen molar-refractivity contribution in [2.24, 2.45) is 4.99 Å². The van der Waals surface area contributed by atoms with E-state index in [4.69, 9.17) is 0 Å². The molecule has 2 heteroatoms. The molecule has 2 aliphatic rings. The van der Waals surface area contributed by atoms with Crippen LogP contribution in [0.1, 0.15) is 12.8 Å². The summed E-state index contributed by atoms with van der Waals surface area (Å²) >= 11 is 0. The number of rotatable bonds is 0. The van der Waals surface area contributed by atoms with Crippen LogP contribution < -0.4 is 0 Å². The Bertz CT molecular complexity index is 127. The number of fused-ring (bicyclic) bond motifs is 1. The van der Waals surface area contributed by atoms with E-state index in [0.717, 1.165) is 6.04 Å². The van der Waals surface area contributed by atoms with E-state index in [1.165, 1.54) is 25.2 Å². The van der Waals surface area contributed by atoms with Gasteiger partial charge in [0.25, 0.3) is 0 Å². The molecule has 0 spiro atoms. The van der Waals surface area contributed by atoms with E-state index in [1.54, 1.807) is 0 Å². The van der Waals surface area contributed by atoms with Crippen molar-refractivity contribution in [1.82, 2.24) is 4.90 Å². The van der Waals surface area contributed by atoms with Gasteiger partial charge in [0, 0.05) is 13.6 Å². The summed E-state index contributed by atoms with van der Waals surface area (Å²) < 4.78 is 0. The molecule has 8 heavy (non-hydrogen) atoms. The summed E-state index contributed by atoms with van der Waals surface area (Å²) in [7, 11) is 1.88. The summed E-state index contributed by atoms with van der Waals surface area (Å²) in [5.41, 5.74) is 0. The summed E-state index contributed by atoms with van der Waals surface area (Å²) in [6, 6.07) is 0.778. The SMILES string of the molecule is CN=C1[C@@H]2CCCN12. The molecule has 2 rings (SSSR count). The number of nitrogens with zero attached hydrogens (tertiary/aromatic N) is 2. The van der Waals surface area contributed by atoms with Crippen molar-refractivity contribution in [3.63, 3.8) is 0 Å². The molecule has 0 saturated carbocycles. The quantitative estimate of drug-likeness (QED) is 0.414. The number of piperidine rings is 1. The van der Waals surface area contributed by atoms with Gasteiger partial charge in [-0.2, -0.15) is 0 Å². The predicted octanol–water partition coefficient (Wildman–Crippen LogP) is 0.493. The number of hydrogen-bond donors (Lipinski definition) is 0. The van der Waals surface area contributed by atoms with Crippen molar-refractivity contribution in [1.29, 1.82) is 0 Å². The van der Waals surface area contributed by atoms with Gasteiger partial charge in [-0.3, -0.25) is 4.99 Å². The largest absolute Gasteiger partial charge is 0.348 e. The van der Waals surface area contributed by atoms with E-state index in [0.29, 0.717) is 0 Å². The van der Waals surface area contributed by atoms with Gasteiger partial charge in [0.2, 0.25) is 0 Å². The first-order valence-electron chi connectivity index (χ1n) is 3.17. The van der Waals surface area contributed by atoms with Crippen LogP contribution in [0.3, 0.4) is 0 Å². The highest BCUT2D eigenvalue weighted by Gasteiger charge is 2.45. The van der Waals surface area contributed by atoms with E-state index in [2.05, 4.69) is 9.89 Å². The van der Waals surface area contributed by atoms with E-state index in [-0.39, 0.29) is 0 Å². The Kier molecular flexibility index (Phi) is 0.678. The number of aliphatic imine (C=N–C) groups is 1. The molecule has 2 heterocycles. The first kappa shape index (κ1) is 4.36. The number of amidine groups is 1. The van der Waals surface area contributed by atoms with Crippen LogP contribution in [0.4, 0.5) is 0 Å². The zero-order chi connectivity index (χ0) is 5.56. The lowest BCUT2D eigenvalue weighted by atomic mass is 10.3. The molecule has 2 aliphatic heterocycles. The maximum absolute atomic E-state index is 4.13. The lowest BCUT2D eigenvalue weighted by Crippen LogP contribution is -1.95. The van der Waals surface area contributed by atoms with Crippen molar-refractivity contribution >= 4 is 5.84 Å². The lowest BCUT2D eigenvalue weighted by Gasteiger charge is -1.88. The van der Waals surface area contributed by atoms with Gasteiger partial charge in [-0.15, -0.1) is 0 Å². The maximum Gasteiger partial charge on any atom is 0.122 e. The van der Waals surface area contributed by atoms with Gasteiger partial charge in [-0.05, 0) is 12.8 Å². The zero-order valence-electron chi connectivity index (χ0n) is 5.09. The Morgan fingerprint density at radius 3 is 3.00 bits per heavy atom. The Labute approximate surface area is 49.2 Å². The third kappa shape index (κ3) is 0.358. The highest BCUT2D eigenvalue weighted by molar-refractivity contribution is 6.02. The molecule has 0 amide bonds. The average Bonchev–Trinajstić information content (AvgIpc) is 2.22. The minimum atomic E-state index is 0.778. The molecule has 44 valence electrons. The summed E-state index contributed by atoms with van der Waals surface area (Å²) in [6.45, 7) is 1.26. The molecule has 0 unspecified atom stereocenters. The van der Waals surface area contributed by atoms with E-state index >= 15 is 0 Å². The van der Waals surface area contributed by atoms with E-state index in [1.807, 2.05) is 7.05 Å². The van der Waals surface area contributed by atoms with Gasteiger partial charge >= 0.3 is 0 Å². The maximum atomic E-state index is 4.13. The van der Waals surface area contributed by atoms with Crippen LogP contribution in [0.2, 0.25) is 0 Å². The van der Waals surface area contributed by atoms with Crippen LogP contribution in [-0.2, 0) is 0 Å². The Morgan fingerprint density at radius 2 is 2.62 bits per heavy atom. The smallest absolute Gasteiger partial charge is 0.122 e. The van der Waals surface area contributed by atoms with Crippen LogP contribution in [0, 0.1) is 0 Å². The van der Waals surface area contributed by atoms with E-state index < -0.39 is 0 Å². The van der Waals surface area contributed by atoms with Gasteiger partial charge in [0.05, 0.1) is 6.04 Å². The molecule has 0 radical (unpaired) electrons. The van der Waals surface area contributed by atoms with Crippen molar-refractivity contribution in [2.45, 2.75) is 18.9 Å². The molecule has 2 saturated heterocycles. The van der Waals surface area contributed by atoms with Crippen LogP contribution in [0.25, 0.3) is 0 Å². The Morgan fingerprint density at radius 1 is 1.75 bits per heavy atom. The minimum Gasteiger partial charge on any atom is -0.348 e. The van der Waals surface area contributed by atoms with Gasteiger partial charge in [-0.1, -0.05) is 0 Å². The van der Waals surface area contributed by atoms with Gasteiger partial charge in [-0.25, -0.2) is 0 Å². The molecule has 2 fully saturated rings. The minimum absolute atomic E-state index is 0.778. The molecule has 0 N–H and O–H groups in total. The monoisotopic (exact) mass is 110 g/mol. The fourth-order valence-corrected chi connectivity index (χ4v) is 1.56. The topological polar surface area (TPSA) is 15.4 Å². The molecular weight excluding hydrogens is 100 g/mol. The second kappa shape index (κ2) is 1.24. The zero-order valence-corrected chi connectivity index (χ0v) is 5.09. The van der Waals surface area contributed by atoms with Crippen LogP contribution in [-0.4, -0.2) is 30.4 Å². The molecule has 0 aromatic rings. The highest BCUT2D eigenvalue weighted by Crippen LogP contribution is 2.32. The van der Waals surface area contributed by atoms with Crippen molar-refractivity contribution in [3.05, 3.63) is 0 Å². The molecule has 0 bridgehead atoms. The van der Waals surface area contributed by atoms with Crippen molar-refractivity contribution in [2.75, 3.05) is 13.6 Å². The first-order chi connectivity index (χ1) is 3.93.